The third-order valence-corrected chi connectivity index (χ3v) is 4.89. The number of aromatic nitrogens is 2. The minimum absolute atomic E-state index is 0.0828. The van der Waals surface area contributed by atoms with Crippen molar-refractivity contribution in [2.24, 2.45) is 14.1 Å². The molecule has 2 aromatic rings. The van der Waals surface area contributed by atoms with E-state index in [0.29, 0.717) is 5.69 Å². The number of anilines is 2. The molecule has 0 fully saturated rings. The number of nitrogens with one attached hydrogen (secondary N) is 2. The highest BCUT2D eigenvalue weighted by Gasteiger charge is 2.23. The molecule has 1 aromatic carbocycles. The minimum Gasteiger partial charge on any atom is -0.373 e. The molecule has 0 unspecified atom stereocenters. The summed E-state index contributed by atoms with van der Waals surface area (Å²) in [5, 5.41) is 3.05. The molecule has 0 bridgehead atoms. The Balaban J connectivity index is 2.32. The Kier molecular flexibility index (Phi) is 7.83. The fourth-order valence-electron chi connectivity index (χ4n) is 2.65. The van der Waals surface area contributed by atoms with Crippen molar-refractivity contribution >= 4 is 40.0 Å². The molecule has 0 aliphatic rings. The topological polar surface area (TPSA) is 104 Å². The second-order valence-electron chi connectivity index (χ2n) is 7.75. The molecular formula is C20H27IN4O5. The molecule has 30 heavy (non-hydrogen) atoms. The van der Waals surface area contributed by atoms with E-state index in [1.165, 1.54) is 18.7 Å². The van der Waals surface area contributed by atoms with Crippen LogP contribution >= 0.6 is 22.6 Å². The summed E-state index contributed by atoms with van der Waals surface area (Å²) in [5.41, 5.74) is 2.00. The van der Waals surface area contributed by atoms with Crippen molar-refractivity contribution in [1.29, 1.82) is 0 Å². The van der Waals surface area contributed by atoms with Gasteiger partial charge in [-0.2, -0.15) is 0 Å². The van der Waals surface area contributed by atoms with Crippen molar-refractivity contribution < 1.29 is 14.4 Å². The number of aryl methyl sites for hydroxylation is 1. The van der Waals surface area contributed by atoms with Gasteiger partial charge in [-0.05, 0) is 74.0 Å². The van der Waals surface area contributed by atoms with Gasteiger partial charge >= 0.3 is 5.69 Å². The first-order chi connectivity index (χ1) is 13.9. The Labute approximate surface area is 188 Å². The van der Waals surface area contributed by atoms with Gasteiger partial charge in [0.2, 0.25) is 0 Å². The van der Waals surface area contributed by atoms with E-state index in [0.717, 1.165) is 13.7 Å². The monoisotopic (exact) mass is 530 g/mol. The summed E-state index contributed by atoms with van der Waals surface area (Å²) in [7, 11) is 2.81. The van der Waals surface area contributed by atoms with E-state index in [-0.39, 0.29) is 30.2 Å². The van der Waals surface area contributed by atoms with Crippen LogP contribution in [0.3, 0.4) is 0 Å². The average molecular weight is 530 g/mol. The third kappa shape index (κ3) is 5.92. The summed E-state index contributed by atoms with van der Waals surface area (Å²) in [4.78, 5) is 43.0. The van der Waals surface area contributed by atoms with Gasteiger partial charge in [0.1, 0.15) is 11.4 Å². The predicted molar refractivity (Wildman–Crippen MR) is 123 cm³/mol. The highest BCUT2D eigenvalue weighted by molar-refractivity contribution is 14.1. The number of ether oxygens (including phenoxy) is 1. The van der Waals surface area contributed by atoms with Gasteiger partial charge in [0.15, 0.2) is 0 Å². The first kappa shape index (κ1) is 24.1. The van der Waals surface area contributed by atoms with Crippen LogP contribution in [-0.4, -0.2) is 33.9 Å². The first-order valence-electron chi connectivity index (χ1n) is 9.31. The fraction of sp³-hybridized carbons (Fsp3) is 0.450. The summed E-state index contributed by atoms with van der Waals surface area (Å²) < 4.78 is 8.66. The molecule has 0 saturated heterocycles. The van der Waals surface area contributed by atoms with Crippen molar-refractivity contribution in [2.75, 3.05) is 18.5 Å². The summed E-state index contributed by atoms with van der Waals surface area (Å²) >= 11 is 2.19. The lowest BCUT2D eigenvalue weighted by molar-refractivity contribution is -0.0511. The second-order valence-corrected chi connectivity index (χ2v) is 9.00. The molecule has 2 N–H and O–H groups in total. The highest BCUT2D eigenvalue weighted by atomic mass is 127. The Morgan fingerprint density at radius 1 is 1.13 bits per heavy atom. The summed E-state index contributed by atoms with van der Waals surface area (Å²) in [5.74, 6) is -0.674. The molecular weight excluding hydrogens is 503 g/mol. The predicted octanol–water partition coefficient (Wildman–Crippen LogP) is 2.22. The number of hydroxylamine groups is 1. The van der Waals surface area contributed by atoms with Crippen LogP contribution in [0.15, 0.2) is 27.8 Å². The standard InChI is InChI=1S/C20H27IN4O5/c1-12-11-13(21)7-8-14(12)22-16-15(18(27)25(6)19(28)24(16)5)17(26)23-30-10-9-29-20(2,3)4/h7-8,11,22H,9-10H2,1-6H3,(H,23,26). The normalized spacial score (nSPS) is 11.4. The molecule has 0 saturated carbocycles. The molecule has 2 rings (SSSR count). The summed E-state index contributed by atoms with van der Waals surface area (Å²) in [6, 6.07) is 5.65. The molecule has 9 nitrogen and oxygen atoms in total. The zero-order chi connectivity index (χ0) is 22.6. The largest absolute Gasteiger partial charge is 0.373 e. The minimum atomic E-state index is -0.757. The molecule has 0 spiro atoms. The number of hydrogen-bond donors (Lipinski definition) is 2. The molecule has 0 aliphatic carbocycles. The van der Waals surface area contributed by atoms with Crippen molar-refractivity contribution in [3.8, 4) is 0 Å². The van der Waals surface area contributed by atoms with Crippen molar-refractivity contribution in [3.63, 3.8) is 0 Å². The highest BCUT2D eigenvalue weighted by Crippen LogP contribution is 2.23. The molecule has 0 radical (unpaired) electrons. The van der Waals surface area contributed by atoms with Gasteiger partial charge in [0.25, 0.3) is 11.5 Å². The van der Waals surface area contributed by atoms with E-state index < -0.39 is 17.2 Å². The number of nitrogens with zero attached hydrogens (tertiary/aromatic N) is 2. The molecule has 0 atom stereocenters. The summed E-state index contributed by atoms with van der Waals surface area (Å²) in [6.45, 7) is 7.98. The van der Waals surface area contributed by atoms with Gasteiger partial charge < -0.3 is 10.1 Å². The van der Waals surface area contributed by atoms with E-state index in [1.54, 1.807) is 0 Å². The Bertz CT molecular complexity index is 1050. The van der Waals surface area contributed by atoms with Crippen LogP contribution in [0.1, 0.15) is 36.7 Å². The zero-order valence-corrected chi connectivity index (χ0v) is 20.1. The van der Waals surface area contributed by atoms with Crippen LogP contribution in [0, 0.1) is 10.5 Å². The number of amides is 1. The van der Waals surface area contributed by atoms with E-state index in [9.17, 15) is 14.4 Å². The Morgan fingerprint density at radius 2 is 1.80 bits per heavy atom. The van der Waals surface area contributed by atoms with Crippen LogP contribution in [0.5, 0.6) is 0 Å². The van der Waals surface area contributed by atoms with Gasteiger partial charge in [-0.3, -0.25) is 23.6 Å². The van der Waals surface area contributed by atoms with Gasteiger partial charge in [0.05, 0.1) is 18.8 Å². The summed E-state index contributed by atoms with van der Waals surface area (Å²) in [6.07, 6.45) is 0. The lowest BCUT2D eigenvalue weighted by atomic mass is 10.2. The van der Waals surface area contributed by atoms with E-state index >= 15 is 0 Å². The van der Waals surface area contributed by atoms with Crippen molar-refractivity contribution in [3.05, 3.63) is 53.7 Å². The second kappa shape index (κ2) is 9.75. The van der Waals surface area contributed by atoms with Gasteiger partial charge in [-0.15, -0.1) is 0 Å². The number of carbonyl (C=O) groups is 1. The third-order valence-electron chi connectivity index (χ3n) is 4.22. The van der Waals surface area contributed by atoms with Crippen molar-refractivity contribution in [2.45, 2.75) is 33.3 Å². The van der Waals surface area contributed by atoms with Crippen LogP contribution in [0.2, 0.25) is 0 Å². The maximum absolute atomic E-state index is 12.7. The molecule has 1 amide bonds. The van der Waals surface area contributed by atoms with Crippen LogP contribution in [-0.2, 0) is 23.7 Å². The number of carbonyl (C=O) groups excluding carboxylic acids is 1. The number of rotatable bonds is 7. The number of benzene rings is 1. The van der Waals surface area contributed by atoms with Gasteiger partial charge in [0, 0.05) is 23.4 Å². The maximum atomic E-state index is 12.7. The van der Waals surface area contributed by atoms with Gasteiger partial charge in [-0.25, -0.2) is 10.3 Å². The SMILES string of the molecule is Cc1cc(I)ccc1Nc1c(C(=O)NOCCOC(C)(C)C)c(=O)n(C)c(=O)n1C. The van der Waals surface area contributed by atoms with Crippen molar-refractivity contribution in [1.82, 2.24) is 14.6 Å². The van der Waals surface area contributed by atoms with E-state index in [4.69, 9.17) is 9.57 Å². The molecule has 1 aromatic heterocycles. The van der Waals surface area contributed by atoms with Gasteiger partial charge in [-0.1, -0.05) is 0 Å². The lowest BCUT2D eigenvalue weighted by Gasteiger charge is -2.19. The average Bonchev–Trinajstić information content (AvgIpc) is 2.65. The molecule has 1 heterocycles. The zero-order valence-electron chi connectivity index (χ0n) is 18.0. The molecule has 0 aliphatic heterocycles. The Morgan fingerprint density at radius 3 is 2.40 bits per heavy atom. The lowest BCUT2D eigenvalue weighted by Crippen LogP contribution is -2.43. The fourth-order valence-corrected chi connectivity index (χ4v) is 3.29. The smallest absolute Gasteiger partial charge is 0.332 e. The number of halogens is 1. The Hall–Kier alpha value is -2.18. The quantitative estimate of drug-likeness (QED) is 0.324. The van der Waals surface area contributed by atoms with Crippen LogP contribution in [0.25, 0.3) is 0 Å². The van der Waals surface area contributed by atoms with Crippen LogP contribution < -0.4 is 22.0 Å². The van der Waals surface area contributed by atoms with Crippen LogP contribution in [0.4, 0.5) is 11.5 Å². The van der Waals surface area contributed by atoms with E-state index in [1.807, 2.05) is 45.9 Å². The maximum Gasteiger partial charge on any atom is 0.332 e. The van der Waals surface area contributed by atoms with E-state index in [2.05, 4.69) is 33.4 Å². The molecule has 10 heteroatoms. The molecule has 164 valence electrons. The first-order valence-corrected chi connectivity index (χ1v) is 10.4. The number of hydrogen-bond acceptors (Lipinski definition) is 6.